The molecular formula is C18H13ClN4O. The number of aliphatic imine (C=N–C) groups is 1. The maximum absolute atomic E-state index is 9.31. The third-order valence-electron chi connectivity index (χ3n) is 3.44. The molecule has 2 aromatic carbocycles. The number of aromatic nitrogens is 2. The van der Waals surface area contributed by atoms with Gasteiger partial charge in [-0.05, 0) is 41.5 Å². The van der Waals surface area contributed by atoms with Crippen LogP contribution in [0.2, 0.25) is 5.02 Å². The van der Waals surface area contributed by atoms with Crippen molar-refractivity contribution in [2.75, 3.05) is 0 Å². The van der Waals surface area contributed by atoms with Gasteiger partial charge in [0.1, 0.15) is 11.8 Å². The van der Waals surface area contributed by atoms with Crippen molar-refractivity contribution in [2.45, 2.75) is 6.54 Å². The second-order valence-corrected chi connectivity index (χ2v) is 5.50. The molecule has 0 atom stereocenters. The lowest BCUT2D eigenvalue weighted by atomic mass is 10.2. The predicted molar refractivity (Wildman–Crippen MR) is 92.9 cm³/mol. The van der Waals surface area contributed by atoms with Crippen LogP contribution in [0.4, 0.5) is 5.82 Å². The Kier molecular flexibility index (Phi) is 4.59. The average Bonchev–Trinajstić information content (AvgIpc) is 2.98. The largest absolute Gasteiger partial charge is 0.508 e. The summed E-state index contributed by atoms with van der Waals surface area (Å²) in [5.74, 6) is 0.652. The van der Waals surface area contributed by atoms with Crippen molar-refractivity contribution < 1.29 is 5.11 Å². The van der Waals surface area contributed by atoms with Crippen molar-refractivity contribution in [3.63, 3.8) is 0 Å². The van der Waals surface area contributed by atoms with Crippen LogP contribution < -0.4 is 0 Å². The fraction of sp³-hybridized carbons (Fsp3) is 0.0556. The van der Waals surface area contributed by atoms with Gasteiger partial charge < -0.3 is 9.67 Å². The lowest BCUT2D eigenvalue weighted by Crippen LogP contribution is -1.98. The number of phenolic OH excluding ortho intramolecular Hbond substituents is 1. The molecule has 1 N–H and O–H groups in total. The quantitative estimate of drug-likeness (QED) is 0.734. The molecule has 0 fully saturated rings. The summed E-state index contributed by atoms with van der Waals surface area (Å²) in [5.41, 5.74) is 1.97. The lowest BCUT2D eigenvalue weighted by Gasteiger charge is -2.07. The van der Waals surface area contributed by atoms with E-state index in [0.29, 0.717) is 17.4 Å². The molecule has 0 aliphatic carbocycles. The average molecular weight is 337 g/mol. The predicted octanol–water partition coefficient (Wildman–Crippen LogP) is 3.91. The Balaban J connectivity index is 1.92. The van der Waals surface area contributed by atoms with E-state index >= 15 is 0 Å². The van der Waals surface area contributed by atoms with Crippen molar-refractivity contribution in [1.82, 2.24) is 9.55 Å². The second-order valence-electron chi connectivity index (χ2n) is 5.10. The van der Waals surface area contributed by atoms with Gasteiger partial charge in [0.2, 0.25) is 0 Å². The van der Waals surface area contributed by atoms with E-state index in [2.05, 4.69) is 9.98 Å². The molecular weight excluding hydrogens is 324 g/mol. The molecule has 0 amide bonds. The van der Waals surface area contributed by atoms with E-state index in [9.17, 15) is 10.4 Å². The Morgan fingerprint density at radius 1 is 1.21 bits per heavy atom. The second kappa shape index (κ2) is 6.99. The van der Waals surface area contributed by atoms with E-state index < -0.39 is 0 Å². The number of rotatable bonds is 4. The third-order valence-corrected chi connectivity index (χ3v) is 3.81. The highest BCUT2D eigenvalue weighted by Gasteiger charge is 2.11. The van der Waals surface area contributed by atoms with Crippen LogP contribution in [0.15, 0.2) is 59.9 Å². The Labute approximate surface area is 144 Å². The minimum Gasteiger partial charge on any atom is -0.508 e. The summed E-state index contributed by atoms with van der Waals surface area (Å²) in [6.45, 7) is 0.469. The molecule has 0 aliphatic rings. The SMILES string of the molecule is N#Cc1ncn(Cc2ccccc2Cl)c1N=Cc1ccc(O)cc1. The minimum absolute atomic E-state index is 0.189. The van der Waals surface area contributed by atoms with E-state index in [4.69, 9.17) is 11.6 Å². The molecule has 3 rings (SSSR count). The number of nitrogens with zero attached hydrogens (tertiary/aromatic N) is 4. The molecule has 1 heterocycles. The molecule has 24 heavy (non-hydrogen) atoms. The van der Waals surface area contributed by atoms with Gasteiger partial charge in [-0.2, -0.15) is 5.26 Å². The fourth-order valence-electron chi connectivity index (χ4n) is 2.21. The van der Waals surface area contributed by atoms with Crippen molar-refractivity contribution in [1.29, 1.82) is 5.26 Å². The van der Waals surface area contributed by atoms with Gasteiger partial charge in [0, 0.05) is 11.2 Å². The zero-order chi connectivity index (χ0) is 16.9. The number of hydrogen-bond acceptors (Lipinski definition) is 4. The maximum Gasteiger partial charge on any atom is 0.185 e. The number of benzene rings is 2. The Hall–Kier alpha value is -3.10. The van der Waals surface area contributed by atoms with Crippen molar-refractivity contribution >= 4 is 23.6 Å². The van der Waals surface area contributed by atoms with Gasteiger partial charge in [-0.25, -0.2) is 9.98 Å². The lowest BCUT2D eigenvalue weighted by molar-refractivity contribution is 0.475. The van der Waals surface area contributed by atoms with E-state index in [1.807, 2.05) is 30.3 Å². The first-order chi connectivity index (χ1) is 11.7. The van der Waals surface area contributed by atoms with Crippen LogP contribution in [-0.4, -0.2) is 20.9 Å². The van der Waals surface area contributed by atoms with Crippen molar-refractivity contribution in [3.05, 3.63) is 76.7 Å². The summed E-state index contributed by atoms with van der Waals surface area (Å²) in [7, 11) is 0. The molecule has 0 spiro atoms. The molecule has 1 aromatic heterocycles. The number of nitriles is 1. The van der Waals surface area contributed by atoms with Crippen LogP contribution in [0, 0.1) is 11.3 Å². The summed E-state index contributed by atoms with van der Waals surface area (Å²) in [6, 6.07) is 16.2. The molecule has 118 valence electrons. The summed E-state index contributed by atoms with van der Waals surface area (Å²) < 4.78 is 1.77. The number of halogens is 1. The first kappa shape index (κ1) is 15.8. The Morgan fingerprint density at radius 2 is 1.96 bits per heavy atom. The normalized spacial score (nSPS) is 10.8. The van der Waals surface area contributed by atoms with Crippen molar-refractivity contribution in [2.24, 2.45) is 4.99 Å². The molecule has 6 heteroatoms. The minimum atomic E-state index is 0.189. The number of aromatic hydroxyl groups is 1. The number of phenols is 1. The van der Waals surface area contributed by atoms with Crippen molar-refractivity contribution in [3.8, 4) is 11.8 Å². The van der Waals surface area contributed by atoms with Gasteiger partial charge in [-0.15, -0.1) is 0 Å². The standard InChI is InChI=1S/C18H13ClN4O/c19-16-4-2-1-3-14(16)11-23-12-22-17(9-20)18(23)21-10-13-5-7-15(24)8-6-13/h1-8,10,12,24H,11H2. The van der Waals surface area contributed by atoms with Gasteiger partial charge >= 0.3 is 0 Å². The third kappa shape index (κ3) is 3.45. The molecule has 0 unspecified atom stereocenters. The molecule has 0 aliphatic heterocycles. The monoisotopic (exact) mass is 336 g/mol. The van der Waals surface area contributed by atoms with Gasteiger partial charge in [0.05, 0.1) is 12.9 Å². The number of imidazole rings is 1. The van der Waals surface area contributed by atoms with E-state index in [0.717, 1.165) is 11.1 Å². The van der Waals surface area contributed by atoms with E-state index in [-0.39, 0.29) is 11.4 Å². The van der Waals surface area contributed by atoms with Crippen LogP contribution in [0.25, 0.3) is 0 Å². The molecule has 5 nitrogen and oxygen atoms in total. The molecule has 0 saturated heterocycles. The molecule has 0 radical (unpaired) electrons. The van der Waals surface area contributed by atoms with Crippen LogP contribution >= 0.6 is 11.6 Å². The highest BCUT2D eigenvalue weighted by molar-refractivity contribution is 6.31. The fourth-order valence-corrected chi connectivity index (χ4v) is 2.41. The summed E-state index contributed by atoms with van der Waals surface area (Å²) in [6.07, 6.45) is 3.20. The molecule has 0 bridgehead atoms. The van der Waals surface area contributed by atoms with Crippen LogP contribution in [0.3, 0.4) is 0 Å². The highest BCUT2D eigenvalue weighted by Crippen LogP contribution is 2.22. The Bertz CT molecular complexity index is 923. The molecule has 0 saturated carbocycles. The summed E-state index contributed by atoms with van der Waals surface area (Å²) in [5, 5.41) is 19.2. The van der Waals surface area contributed by atoms with Gasteiger partial charge in [0.25, 0.3) is 0 Å². The first-order valence-electron chi connectivity index (χ1n) is 7.19. The van der Waals surface area contributed by atoms with Crippen LogP contribution in [0.5, 0.6) is 5.75 Å². The van der Waals surface area contributed by atoms with E-state index in [1.54, 1.807) is 41.4 Å². The van der Waals surface area contributed by atoms with Gasteiger partial charge in [0.15, 0.2) is 11.5 Å². The topological polar surface area (TPSA) is 74.2 Å². The summed E-state index contributed by atoms with van der Waals surface area (Å²) >= 11 is 6.19. The number of hydrogen-bond donors (Lipinski definition) is 1. The van der Waals surface area contributed by atoms with E-state index in [1.165, 1.54) is 0 Å². The van der Waals surface area contributed by atoms with Crippen LogP contribution in [-0.2, 0) is 6.54 Å². The van der Waals surface area contributed by atoms with Gasteiger partial charge in [-0.1, -0.05) is 29.8 Å². The zero-order valence-corrected chi connectivity index (χ0v) is 13.4. The Morgan fingerprint density at radius 3 is 2.67 bits per heavy atom. The first-order valence-corrected chi connectivity index (χ1v) is 7.57. The highest BCUT2D eigenvalue weighted by atomic mass is 35.5. The zero-order valence-electron chi connectivity index (χ0n) is 12.6. The molecule has 3 aromatic rings. The summed E-state index contributed by atoms with van der Waals surface area (Å²) in [4.78, 5) is 8.48. The smallest absolute Gasteiger partial charge is 0.185 e. The van der Waals surface area contributed by atoms with Gasteiger partial charge in [-0.3, -0.25) is 0 Å². The maximum atomic E-state index is 9.31. The van der Waals surface area contributed by atoms with Crippen LogP contribution in [0.1, 0.15) is 16.8 Å².